The molecule has 0 unspecified atom stereocenters. The minimum absolute atomic E-state index is 0.184. The zero-order valence-electron chi connectivity index (χ0n) is 12.1. The van der Waals surface area contributed by atoms with Crippen LogP contribution in [0.15, 0.2) is 35.7 Å². The van der Waals surface area contributed by atoms with Crippen molar-refractivity contribution in [3.63, 3.8) is 0 Å². The van der Waals surface area contributed by atoms with Crippen molar-refractivity contribution in [1.82, 2.24) is 10.3 Å². The van der Waals surface area contributed by atoms with Crippen LogP contribution in [-0.2, 0) is 17.6 Å². The summed E-state index contributed by atoms with van der Waals surface area (Å²) in [4.78, 5) is 27.9. The molecule has 1 amide bonds. The summed E-state index contributed by atoms with van der Waals surface area (Å²) in [7, 11) is 1.40. The number of carbonyl (C=O) groups excluding carboxylic acids is 2. The molecule has 1 heterocycles. The largest absolute Gasteiger partial charge is 0.358 e. The summed E-state index contributed by atoms with van der Waals surface area (Å²) in [6.45, 7) is 0. The zero-order valence-corrected chi connectivity index (χ0v) is 12.9. The molecule has 0 radical (unpaired) electrons. The Morgan fingerprint density at radius 1 is 1.32 bits per heavy atom. The molecule has 112 valence electrons. The fourth-order valence-corrected chi connectivity index (χ4v) is 2.75. The van der Waals surface area contributed by atoms with Crippen LogP contribution in [0.1, 0.15) is 21.1 Å². The smallest absolute Gasteiger partial charge is 0.245 e. The highest BCUT2D eigenvalue weighted by molar-refractivity contribution is 7.09. The molecular formula is C16H15N3O2S. The molecule has 0 saturated carbocycles. The Morgan fingerprint density at radius 3 is 2.68 bits per heavy atom. The van der Waals surface area contributed by atoms with Crippen LogP contribution in [-0.4, -0.2) is 23.7 Å². The standard InChI is InChI=1S/C16H15N3O2S/c1-18-16(21)12(9-17)15(20)13-10-22-14(19-13)8-7-11-5-3-2-4-6-11/h2-6,10,12H,7-8H2,1H3,(H,18,21)/t12-/m0/s1. The van der Waals surface area contributed by atoms with E-state index in [-0.39, 0.29) is 5.69 Å². The lowest BCUT2D eigenvalue weighted by molar-refractivity contribution is -0.121. The molecule has 1 aromatic heterocycles. The number of Topliss-reactive ketones (excluding diaryl/α,β-unsaturated/α-hetero) is 1. The highest BCUT2D eigenvalue weighted by Gasteiger charge is 2.28. The monoisotopic (exact) mass is 313 g/mol. The second-order valence-electron chi connectivity index (χ2n) is 4.65. The molecule has 22 heavy (non-hydrogen) atoms. The Labute approximate surface area is 132 Å². The Kier molecular flexibility index (Phi) is 5.39. The van der Waals surface area contributed by atoms with Crippen LogP contribution >= 0.6 is 11.3 Å². The first kappa shape index (κ1) is 15.9. The van der Waals surface area contributed by atoms with E-state index >= 15 is 0 Å². The van der Waals surface area contributed by atoms with Crippen LogP contribution in [0, 0.1) is 17.2 Å². The van der Waals surface area contributed by atoms with Crippen molar-refractivity contribution in [2.75, 3.05) is 7.05 Å². The molecule has 2 aromatic rings. The third-order valence-electron chi connectivity index (χ3n) is 3.17. The van der Waals surface area contributed by atoms with Gasteiger partial charge in [-0.15, -0.1) is 11.3 Å². The van der Waals surface area contributed by atoms with Gasteiger partial charge in [-0.2, -0.15) is 5.26 Å². The quantitative estimate of drug-likeness (QED) is 0.653. The number of benzene rings is 1. The van der Waals surface area contributed by atoms with Crippen molar-refractivity contribution in [3.05, 3.63) is 52.0 Å². The van der Waals surface area contributed by atoms with E-state index in [1.807, 2.05) is 30.3 Å². The van der Waals surface area contributed by atoms with Crippen LogP contribution in [0.5, 0.6) is 0 Å². The maximum Gasteiger partial charge on any atom is 0.245 e. The molecule has 0 spiro atoms. The number of nitrogens with one attached hydrogen (secondary N) is 1. The van der Waals surface area contributed by atoms with Gasteiger partial charge in [0.15, 0.2) is 5.92 Å². The van der Waals surface area contributed by atoms with E-state index in [4.69, 9.17) is 5.26 Å². The summed E-state index contributed by atoms with van der Waals surface area (Å²) >= 11 is 1.37. The normalized spacial score (nSPS) is 11.5. The molecule has 0 bridgehead atoms. The van der Waals surface area contributed by atoms with Crippen molar-refractivity contribution in [2.45, 2.75) is 12.8 Å². The van der Waals surface area contributed by atoms with Crippen molar-refractivity contribution in [2.24, 2.45) is 5.92 Å². The molecule has 0 saturated heterocycles. The number of aryl methyl sites for hydroxylation is 2. The van der Waals surface area contributed by atoms with E-state index in [2.05, 4.69) is 10.3 Å². The van der Waals surface area contributed by atoms with Gasteiger partial charge in [0.05, 0.1) is 11.1 Å². The average Bonchev–Trinajstić information content (AvgIpc) is 3.03. The molecule has 0 fully saturated rings. The summed E-state index contributed by atoms with van der Waals surface area (Å²) in [5, 5.41) is 13.7. The maximum absolute atomic E-state index is 12.1. The van der Waals surface area contributed by atoms with Gasteiger partial charge < -0.3 is 5.32 Å². The van der Waals surface area contributed by atoms with E-state index < -0.39 is 17.6 Å². The minimum atomic E-state index is -1.34. The first-order valence-corrected chi connectivity index (χ1v) is 7.67. The van der Waals surface area contributed by atoms with Crippen molar-refractivity contribution in [3.8, 4) is 6.07 Å². The molecule has 1 atom stereocenters. The first-order chi connectivity index (χ1) is 10.7. The van der Waals surface area contributed by atoms with Gasteiger partial charge in [0.25, 0.3) is 0 Å². The van der Waals surface area contributed by atoms with E-state index in [1.54, 1.807) is 11.4 Å². The number of hydrogen-bond acceptors (Lipinski definition) is 5. The third kappa shape index (κ3) is 3.77. The highest BCUT2D eigenvalue weighted by Crippen LogP contribution is 2.16. The Balaban J connectivity index is 2.03. The SMILES string of the molecule is CNC(=O)[C@@H](C#N)C(=O)c1csc(CCc2ccccc2)n1. The van der Waals surface area contributed by atoms with Gasteiger partial charge >= 0.3 is 0 Å². The fourth-order valence-electron chi connectivity index (χ4n) is 1.96. The van der Waals surface area contributed by atoms with Crippen molar-refractivity contribution in [1.29, 1.82) is 5.26 Å². The second kappa shape index (κ2) is 7.48. The van der Waals surface area contributed by atoms with Gasteiger partial charge in [-0.05, 0) is 12.0 Å². The first-order valence-electron chi connectivity index (χ1n) is 6.79. The number of hydrogen-bond donors (Lipinski definition) is 1. The molecule has 0 aliphatic heterocycles. The lowest BCUT2D eigenvalue weighted by atomic mass is 10.0. The van der Waals surface area contributed by atoms with Crippen LogP contribution in [0.3, 0.4) is 0 Å². The van der Waals surface area contributed by atoms with E-state index in [0.29, 0.717) is 0 Å². The lowest BCUT2D eigenvalue weighted by Gasteiger charge is -2.03. The van der Waals surface area contributed by atoms with Crippen LogP contribution in [0.25, 0.3) is 0 Å². The van der Waals surface area contributed by atoms with Gasteiger partial charge in [0.2, 0.25) is 11.7 Å². The van der Waals surface area contributed by atoms with Crippen molar-refractivity contribution < 1.29 is 9.59 Å². The lowest BCUT2D eigenvalue weighted by Crippen LogP contribution is -2.32. The van der Waals surface area contributed by atoms with Gasteiger partial charge in [-0.3, -0.25) is 9.59 Å². The van der Waals surface area contributed by atoms with Gasteiger partial charge in [0, 0.05) is 18.8 Å². The average molecular weight is 313 g/mol. The van der Waals surface area contributed by atoms with Gasteiger partial charge in [0.1, 0.15) is 5.69 Å². The number of amides is 1. The predicted molar refractivity (Wildman–Crippen MR) is 83.5 cm³/mol. The summed E-state index contributed by atoms with van der Waals surface area (Å²) in [6.07, 6.45) is 1.55. The highest BCUT2D eigenvalue weighted by atomic mass is 32.1. The Morgan fingerprint density at radius 2 is 2.05 bits per heavy atom. The van der Waals surface area contributed by atoms with Crippen LogP contribution < -0.4 is 5.32 Å². The number of aromatic nitrogens is 1. The summed E-state index contributed by atoms with van der Waals surface area (Å²) < 4.78 is 0. The molecule has 1 N–H and O–H groups in total. The molecule has 2 rings (SSSR count). The topological polar surface area (TPSA) is 82.9 Å². The van der Waals surface area contributed by atoms with E-state index in [9.17, 15) is 9.59 Å². The summed E-state index contributed by atoms with van der Waals surface area (Å²) in [6, 6.07) is 11.7. The van der Waals surface area contributed by atoms with Crippen LogP contribution in [0.4, 0.5) is 0 Å². The van der Waals surface area contributed by atoms with Gasteiger partial charge in [-0.25, -0.2) is 4.98 Å². The summed E-state index contributed by atoms with van der Waals surface area (Å²) in [5.41, 5.74) is 1.38. The molecule has 1 aromatic carbocycles. The molecule has 0 aliphatic rings. The molecule has 0 aliphatic carbocycles. The van der Waals surface area contributed by atoms with E-state index in [1.165, 1.54) is 23.9 Å². The minimum Gasteiger partial charge on any atom is -0.358 e. The molecule has 6 heteroatoms. The number of carbonyl (C=O) groups is 2. The molecular weight excluding hydrogens is 298 g/mol. The summed E-state index contributed by atoms with van der Waals surface area (Å²) in [5.74, 6) is -2.50. The third-order valence-corrected chi connectivity index (χ3v) is 4.08. The molecule has 5 nitrogen and oxygen atoms in total. The number of ketones is 1. The number of thiazole rings is 1. The number of nitriles is 1. The Bertz CT molecular complexity index is 704. The van der Waals surface area contributed by atoms with Gasteiger partial charge in [-0.1, -0.05) is 30.3 Å². The number of rotatable bonds is 6. The zero-order chi connectivity index (χ0) is 15.9. The van der Waals surface area contributed by atoms with Crippen molar-refractivity contribution >= 4 is 23.0 Å². The maximum atomic E-state index is 12.1. The fraction of sp³-hybridized carbons (Fsp3) is 0.250. The van der Waals surface area contributed by atoms with Crippen LogP contribution in [0.2, 0.25) is 0 Å². The Hall–Kier alpha value is -2.52. The second-order valence-corrected chi connectivity index (χ2v) is 5.60. The predicted octanol–water partition coefficient (Wildman–Crippen LogP) is 2.00. The number of nitrogens with zero attached hydrogens (tertiary/aromatic N) is 2. The van der Waals surface area contributed by atoms with E-state index in [0.717, 1.165) is 17.8 Å².